The second-order valence-corrected chi connectivity index (χ2v) is 9.11. The number of hydrogen-bond donors (Lipinski definition) is 1. The summed E-state index contributed by atoms with van der Waals surface area (Å²) in [5.41, 5.74) is 0.982. The lowest BCUT2D eigenvalue weighted by Gasteiger charge is -2.27. The van der Waals surface area contributed by atoms with E-state index in [1.165, 1.54) is 0 Å². The van der Waals surface area contributed by atoms with E-state index >= 15 is 0 Å². The van der Waals surface area contributed by atoms with Gasteiger partial charge in [0.2, 0.25) is 4.77 Å². The molecule has 1 unspecified atom stereocenters. The Morgan fingerprint density at radius 2 is 2.12 bits per heavy atom. The van der Waals surface area contributed by atoms with Crippen molar-refractivity contribution in [2.45, 2.75) is 38.9 Å². The van der Waals surface area contributed by atoms with Crippen molar-refractivity contribution < 1.29 is 8.42 Å². The lowest BCUT2D eigenvalue weighted by atomic mass is 10.2. The number of aromatic amines is 1. The highest BCUT2D eigenvalue weighted by Crippen LogP contribution is 2.20. The normalized spacial score (nSPS) is 19.5. The van der Waals surface area contributed by atoms with Crippen molar-refractivity contribution >= 4 is 22.1 Å². The standard InChI is InChI=1S/C17H24N4O2S2/c1-2-3-10-20(15-9-11-25(22,23)12-15)13-21-17(24)18-16(19-21)14-7-5-4-6-8-14/h4-8,15H,2-3,9-13H2,1H3,(H,18,19,24). The fourth-order valence-corrected chi connectivity index (χ4v) is 5.11. The number of rotatable bonds is 7. The molecule has 1 aromatic heterocycles. The summed E-state index contributed by atoms with van der Waals surface area (Å²) in [7, 11) is -2.91. The molecule has 8 heteroatoms. The summed E-state index contributed by atoms with van der Waals surface area (Å²) in [6.07, 6.45) is 2.79. The number of nitrogens with one attached hydrogen (secondary N) is 1. The van der Waals surface area contributed by atoms with Crippen molar-refractivity contribution in [3.8, 4) is 11.4 Å². The van der Waals surface area contributed by atoms with Gasteiger partial charge in [-0.05, 0) is 25.1 Å². The average Bonchev–Trinajstić information content (AvgIpc) is 3.14. The largest absolute Gasteiger partial charge is 0.280 e. The highest BCUT2D eigenvalue weighted by molar-refractivity contribution is 7.91. The van der Waals surface area contributed by atoms with Gasteiger partial charge in [0.05, 0.1) is 18.2 Å². The molecule has 1 atom stereocenters. The van der Waals surface area contributed by atoms with E-state index in [1.807, 2.05) is 35.0 Å². The Labute approximate surface area is 153 Å². The molecule has 0 amide bonds. The van der Waals surface area contributed by atoms with Crippen LogP contribution in [-0.2, 0) is 16.5 Å². The van der Waals surface area contributed by atoms with Crippen molar-refractivity contribution in [3.05, 3.63) is 35.1 Å². The van der Waals surface area contributed by atoms with E-state index < -0.39 is 9.84 Å². The highest BCUT2D eigenvalue weighted by atomic mass is 32.2. The lowest BCUT2D eigenvalue weighted by molar-refractivity contribution is 0.153. The Bertz CT molecular complexity index is 858. The minimum absolute atomic E-state index is 0.0573. The van der Waals surface area contributed by atoms with Crippen LogP contribution >= 0.6 is 12.2 Å². The van der Waals surface area contributed by atoms with Crippen molar-refractivity contribution in [1.29, 1.82) is 0 Å². The van der Waals surface area contributed by atoms with Gasteiger partial charge in [-0.1, -0.05) is 43.7 Å². The molecule has 25 heavy (non-hydrogen) atoms. The molecule has 0 spiro atoms. The third-order valence-electron chi connectivity index (χ3n) is 4.57. The van der Waals surface area contributed by atoms with E-state index in [9.17, 15) is 8.42 Å². The fourth-order valence-electron chi connectivity index (χ4n) is 3.15. The summed E-state index contributed by atoms with van der Waals surface area (Å²) < 4.78 is 26.0. The minimum Gasteiger partial charge on any atom is -0.280 e. The van der Waals surface area contributed by atoms with Gasteiger partial charge in [0, 0.05) is 18.2 Å². The third-order valence-corrected chi connectivity index (χ3v) is 6.64. The lowest BCUT2D eigenvalue weighted by Crippen LogP contribution is -2.38. The van der Waals surface area contributed by atoms with Crippen LogP contribution in [0.25, 0.3) is 11.4 Å². The molecule has 1 aliphatic rings. The second kappa shape index (κ2) is 7.80. The monoisotopic (exact) mass is 380 g/mol. The van der Waals surface area contributed by atoms with Gasteiger partial charge in [-0.3, -0.25) is 10.00 Å². The van der Waals surface area contributed by atoms with Crippen LogP contribution < -0.4 is 0 Å². The number of nitrogens with zero attached hydrogens (tertiary/aromatic N) is 3. The molecule has 3 rings (SSSR count). The van der Waals surface area contributed by atoms with Crippen molar-refractivity contribution in [2.24, 2.45) is 0 Å². The SMILES string of the molecule is CCCCN(Cn1[nH]c(-c2ccccc2)nc1=S)C1CCS(=O)(=O)C1. The van der Waals surface area contributed by atoms with Gasteiger partial charge in [-0.15, -0.1) is 0 Å². The molecule has 0 saturated carbocycles. The van der Waals surface area contributed by atoms with E-state index in [1.54, 1.807) is 0 Å². The summed E-state index contributed by atoms with van der Waals surface area (Å²) in [5, 5.41) is 3.26. The first-order valence-corrected chi connectivity index (χ1v) is 10.9. The van der Waals surface area contributed by atoms with Gasteiger partial charge >= 0.3 is 0 Å². The summed E-state index contributed by atoms with van der Waals surface area (Å²) in [6.45, 7) is 3.54. The van der Waals surface area contributed by atoms with Crippen LogP contribution in [0.1, 0.15) is 26.2 Å². The molecule has 2 heterocycles. The van der Waals surface area contributed by atoms with Crippen molar-refractivity contribution in [1.82, 2.24) is 19.7 Å². The van der Waals surface area contributed by atoms with E-state index in [0.29, 0.717) is 17.9 Å². The molecule has 6 nitrogen and oxygen atoms in total. The van der Waals surface area contributed by atoms with Gasteiger partial charge in [0.15, 0.2) is 15.7 Å². The Morgan fingerprint density at radius 1 is 1.36 bits per heavy atom. The summed E-state index contributed by atoms with van der Waals surface area (Å²) in [4.78, 5) is 6.67. The molecule has 1 aliphatic heterocycles. The molecule has 1 aromatic carbocycles. The van der Waals surface area contributed by atoms with Crippen LogP contribution in [-0.4, -0.2) is 52.2 Å². The predicted octanol–water partition coefficient (Wildman–Crippen LogP) is 2.85. The molecular formula is C17H24N4O2S2. The molecule has 1 N–H and O–H groups in total. The highest BCUT2D eigenvalue weighted by Gasteiger charge is 2.32. The first-order valence-electron chi connectivity index (χ1n) is 8.65. The van der Waals surface area contributed by atoms with Crippen molar-refractivity contribution in [3.63, 3.8) is 0 Å². The Balaban J connectivity index is 1.80. The molecular weight excluding hydrogens is 356 g/mol. The Hall–Kier alpha value is -1.51. The van der Waals surface area contributed by atoms with Gasteiger partial charge in [0.25, 0.3) is 0 Å². The van der Waals surface area contributed by atoms with E-state index in [4.69, 9.17) is 12.2 Å². The molecule has 0 radical (unpaired) electrons. The maximum Gasteiger partial charge on any atom is 0.217 e. The summed E-state index contributed by atoms with van der Waals surface area (Å²) >= 11 is 5.40. The third kappa shape index (κ3) is 4.56. The van der Waals surface area contributed by atoms with Crippen LogP contribution in [0.3, 0.4) is 0 Å². The Kier molecular flexibility index (Phi) is 5.71. The maximum absolute atomic E-state index is 11.9. The van der Waals surface area contributed by atoms with Crippen LogP contribution in [0.5, 0.6) is 0 Å². The average molecular weight is 381 g/mol. The summed E-state index contributed by atoms with van der Waals surface area (Å²) in [6, 6.07) is 9.90. The maximum atomic E-state index is 11.9. The quantitative estimate of drug-likeness (QED) is 0.748. The van der Waals surface area contributed by atoms with Gasteiger partial charge in [-0.2, -0.15) is 4.98 Å². The molecule has 2 aromatic rings. The van der Waals surface area contributed by atoms with Gasteiger partial charge in [-0.25, -0.2) is 13.1 Å². The number of H-pyrrole nitrogens is 1. The molecule has 1 saturated heterocycles. The first-order chi connectivity index (χ1) is 12.0. The van der Waals surface area contributed by atoms with Crippen LogP contribution in [0.2, 0.25) is 0 Å². The van der Waals surface area contributed by atoms with Crippen LogP contribution in [0, 0.1) is 4.77 Å². The smallest absolute Gasteiger partial charge is 0.217 e. The number of unbranched alkanes of at least 4 members (excludes halogenated alkanes) is 1. The fraction of sp³-hybridized carbons (Fsp3) is 0.529. The number of benzene rings is 1. The number of hydrogen-bond acceptors (Lipinski definition) is 5. The van der Waals surface area contributed by atoms with E-state index in [0.717, 1.165) is 30.8 Å². The zero-order valence-corrected chi connectivity index (χ0v) is 16.0. The molecule has 136 valence electrons. The molecule has 1 fully saturated rings. The Morgan fingerprint density at radius 3 is 2.76 bits per heavy atom. The van der Waals surface area contributed by atoms with Crippen LogP contribution in [0.15, 0.2) is 30.3 Å². The zero-order valence-electron chi connectivity index (χ0n) is 14.4. The van der Waals surface area contributed by atoms with E-state index in [-0.39, 0.29) is 17.5 Å². The minimum atomic E-state index is -2.91. The predicted molar refractivity (Wildman–Crippen MR) is 102 cm³/mol. The first kappa shape index (κ1) is 18.3. The number of aromatic nitrogens is 3. The topological polar surface area (TPSA) is 71.0 Å². The van der Waals surface area contributed by atoms with Gasteiger partial charge in [0.1, 0.15) is 0 Å². The summed E-state index contributed by atoms with van der Waals surface area (Å²) in [5.74, 6) is 1.26. The zero-order chi connectivity index (χ0) is 17.9. The van der Waals surface area contributed by atoms with E-state index in [2.05, 4.69) is 21.9 Å². The molecule has 0 aliphatic carbocycles. The van der Waals surface area contributed by atoms with Crippen LogP contribution in [0.4, 0.5) is 0 Å². The van der Waals surface area contributed by atoms with Crippen molar-refractivity contribution in [2.75, 3.05) is 18.1 Å². The van der Waals surface area contributed by atoms with Gasteiger partial charge < -0.3 is 0 Å². The molecule has 0 bridgehead atoms. The number of sulfone groups is 1. The second-order valence-electron chi connectivity index (χ2n) is 6.51.